The molecule has 0 bridgehead atoms. The summed E-state index contributed by atoms with van der Waals surface area (Å²) in [6, 6.07) is 14.9. The highest BCUT2D eigenvalue weighted by Crippen LogP contribution is 2.39. The van der Waals surface area contributed by atoms with Crippen LogP contribution in [0.4, 0.5) is 0 Å². The maximum absolute atomic E-state index is 13.5. The number of amides is 1. The number of nitrogens with zero attached hydrogens (tertiary/aromatic N) is 3. The van der Waals surface area contributed by atoms with Gasteiger partial charge in [-0.3, -0.25) is 4.79 Å². The van der Waals surface area contributed by atoms with E-state index in [4.69, 9.17) is 28.9 Å². The zero-order chi connectivity index (χ0) is 26.2. The third-order valence-corrected chi connectivity index (χ3v) is 7.88. The SMILES string of the molecule is CN(Cc1cc(Cl)ccc1C(N)=O)S(=O)(=O)c1cc(-c2ccnn2-c2ccccc2Cl)c(O)cc1O. The summed E-state index contributed by atoms with van der Waals surface area (Å²) >= 11 is 12.3. The number of nitrogens with two attached hydrogens (primary N) is 1. The average molecular weight is 547 g/mol. The topological polar surface area (TPSA) is 139 Å². The van der Waals surface area contributed by atoms with Crippen LogP contribution in [0.5, 0.6) is 11.5 Å². The lowest BCUT2D eigenvalue weighted by molar-refractivity contribution is 0.0999. The largest absolute Gasteiger partial charge is 0.507 e. The molecule has 1 amide bonds. The van der Waals surface area contributed by atoms with E-state index in [0.29, 0.717) is 21.4 Å². The monoisotopic (exact) mass is 546 g/mol. The number of benzene rings is 3. The number of para-hydroxylation sites is 1. The van der Waals surface area contributed by atoms with Crippen molar-refractivity contribution < 1.29 is 23.4 Å². The molecule has 0 aliphatic heterocycles. The fourth-order valence-electron chi connectivity index (χ4n) is 3.72. The first-order valence-corrected chi connectivity index (χ1v) is 12.6. The number of carbonyl (C=O) groups excluding carboxylic acids is 1. The van der Waals surface area contributed by atoms with Crippen LogP contribution in [0.3, 0.4) is 0 Å². The summed E-state index contributed by atoms with van der Waals surface area (Å²) in [5.74, 6) is -1.77. The van der Waals surface area contributed by atoms with Crippen molar-refractivity contribution in [1.29, 1.82) is 0 Å². The van der Waals surface area contributed by atoms with E-state index in [1.54, 1.807) is 30.3 Å². The Morgan fingerprint density at radius 2 is 1.78 bits per heavy atom. The molecule has 186 valence electrons. The van der Waals surface area contributed by atoms with E-state index in [1.807, 2.05) is 0 Å². The molecule has 0 radical (unpaired) electrons. The van der Waals surface area contributed by atoms with Crippen LogP contribution in [0, 0.1) is 0 Å². The summed E-state index contributed by atoms with van der Waals surface area (Å²) in [5.41, 5.74) is 6.75. The molecule has 0 aliphatic carbocycles. The molecule has 9 nitrogen and oxygen atoms in total. The van der Waals surface area contributed by atoms with Gasteiger partial charge in [-0.05, 0) is 48.0 Å². The zero-order valence-corrected chi connectivity index (χ0v) is 21.1. The van der Waals surface area contributed by atoms with Crippen LogP contribution in [0.25, 0.3) is 16.9 Å². The Hall–Kier alpha value is -3.57. The van der Waals surface area contributed by atoms with Crippen LogP contribution in [0.1, 0.15) is 15.9 Å². The van der Waals surface area contributed by atoms with Crippen LogP contribution >= 0.6 is 23.2 Å². The number of aromatic hydroxyl groups is 2. The smallest absolute Gasteiger partial charge is 0.249 e. The van der Waals surface area contributed by atoms with E-state index in [9.17, 15) is 23.4 Å². The Bertz CT molecular complexity index is 1590. The van der Waals surface area contributed by atoms with E-state index >= 15 is 0 Å². The molecule has 4 aromatic rings. The van der Waals surface area contributed by atoms with Crippen LogP contribution in [-0.2, 0) is 16.6 Å². The maximum Gasteiger partial charge on any atom is 0.249 e. The van der Waals surface area contributed by atoms with Crippen molar-refractivity contribution >= 4 is 39.1 Å². The Balaban J connectivity index is 1.78. The quantitative estimate of drug-likeness (QED) is 0.317. The molecule has 0 atom stereocenters. The summed E-state index contributed by atoms with van der Waals surface area (Å²) in [4.78, 5) is 11.3. The van der Waals surface area contributed by atoms with E-state index in [-0.39, 0.29) is 29.0 Å². The van der Waals surface area contributed by atoms with E-state index in [2.05, 4.69) is 5.10 Å². The molecule has 0 saturated heterocycles. The number of hydrogen-bond acceptors (Lipinski definition) is 6. The highest BCUT2D eigenvalue weighted by Gasteiger charge is 2.28. The zero-order valence-electron chi connectivity index (χ0n) is 18.8. The first-order valence-electron chi connectivity index (χ1n) is 10.4. The van der Waals surface area contributed by atoms with Gasteiger partial charge in [0.1, 0.15) is 16.4 Å². The number of carbonyl (C=O) groups is 1. The molecule has 0 fully saturated rings. The van der Waals surface area contributed by atoms with Gasteiger partial charge < -0.3 is 15.9 Å². The first-order chi connectivity index (χ1) is 17.0. The molecular weight excluding hydrogens is 527 g/mol. The maximum atomic E-state index is 13.5. The van der Waals surface area contributed by atoms with Crippen molar-refractivity contribution in [1.82, 2.24) is 14.1 Å². The summed E-state index contributed by atoms with van der Waals surface area (Å²) < 4.78 is 29.3. The van der Waals surface area contributed by atoms with Crippen molar-refractivity contribution in [2.75, 3.05) is 7.05 Å². The summed E-state index contributed by atoms with van der Waals surface area (Å²) in [7, 11) is -3.04. The van der Waals surface area contributed by atoms with Crippen LogP contribution < -0.4 is 5.73 Å². The summed E-state index contributed by atoms with van der Waals surface area (Å²) in [5, 5.41) is 26.0. The van der Waals surface area contributed by atoms with Crippen LogP contribution in [0.2, 0.25) is 10.0 Å². The second kappa shape index (κ2) is 9.82. The normalized spacial score (nSPS) is 11.7. The van der Waals surface area contributed by atoms with Gasteiger partial charge in [0.05, 0.1) is 22.6 Å². The van der Waals surface area contributed by atoms with Gasteiger partial charge in [0.25, 0.3) is 0 Å². The van der Waals surface area contributed by atoms with Gasteiger partial charge in [0, 0.05) is 35.8 Å². The minimum atomic E-state index is -4.32. The Morgan fingerprint density at radius 1 is 1.06 bits per heavy atom. The molecular formula is C24H20Cl2N4O5S. The van der Waals surface area contributed by atoms with Crippen molar-refractivity contribution in [3.05, 3.63) is 88.0 Å². The fourth-order valence-corrected chi connectivity index (χ4v) is 5.36. The van der Waals surface area contributed by atoms with Gasteiger partial charge >= 0.3 is 0 Å². The second-order valence-electron chi connectivity index (χ2n) is 7.84. The molecule has 0 aliphatic rings. The minimum absolute atomic E-state index is 0.0952. The van der Waals surface area contributed by atoms with Gasteiger partial charge in [-0.2, -0.15) is 9.40 Å². The standard InChI is InChI=1S/C24H20Cl2N4O5S/c1-29(13-14-10-15(25)6-7-16(14)24(27)33)36(34,35)23-11-17(21(31)12-22(23)32)19-8-9-28-30(19)20-5-3-2-4-18(20)26/h2-12,31-32H,13H2,1H3,(H2,27,33). The lowest BCUT2D eigenvalue weighted by atomic mass is 10.1. The fraction of sp³-hybridized carbons (Fsp3) is 0.0833. The summed E-state index contributed by atoms with van der Waals surface area (Å²) in [6.07, 6.45) is 1.47. The van der Waals surface area contributed by atoms with Gasteiger partial charge in [0.15, 0.2) is 0 Å². The number of primary amides is 1. The first kappa shape index (κ1) is 25.5. The van der Waals surface area contributed by atoms with Crippen molar-refractivity contribution in [3.63, 3.8) is 0 Å². The van der Waals surface area contributed by atoms with Crippen molar-refractivity contribution in [2.45, 2.75) is 11.4 Å². The average Bonchev–Trinajstić information content (AvgIpc) is 3.28. The minimum Gasteiger partial charge on any atom is -0.507 e. The number of hydrogen-bond donors (Lipinski definition) is 3. The van der Waals surface area contributed by atoms with Crippen molar-refractivity contribution in [2.24, 2.45) is 5.73 Å². The molecule has 1 heterocycles. The van der Waals surface area contributed by atoms with Crippen LogP contribution in [0.15, 0.2) is 71.8 Å². The Morgan fingerprint density at radius 3 is 2.47 bits per heavy atom. The molecule has 4 rings (SSSR count). The Labute approximate surface area is 217 Å². The lowest BCUT2D eigenvalue weighted by Crippen LogP contribution is -2.28. The molecule has 0 unspecified atom stereocenters. The Kier molecular flexibility index (Phi) is 6.96. The number of phenolic OH excluding ortho intramolecular Hbond substituents is 2. The summed E-state index contributed by atoms with van der Waals surface area (Å²) in [6.45, 7) is -0.256. The highest BCUT2D eigenvalue weighted by molar-refractivity contribution is 7.89. The van der Waals surface area contributed by atoms with Gasteiger partial charge in [-0.1, -0.05) is 35.3 Å². The van der Waals surface area contributed by atoms with Crippen molar-refractivity contribution in [3.8, 4) is 28.4 Å². The van der Waals surface area contributed by atoms with E-state index in [1.165, 1.54) is 36.1 Å². The lowest BCUT2D eigenvalue weighted by Gasteiger charge is -2.20. The predicted molar refractivity (Wildman–Crippen MR) is 136 cm³/mol. The number of rotatable bonds is 7. The highest BCUT2D eigenvalue weighted by atomic mass is 35.5. The van der Waals surface area contributed by atoms with Gasteiger partial charge in [-0.25, -0.2) is 13.1 Å². The third kappa shape index (κ3) is 4.76. The van der Waals surface area contributed by atoms with Gasteiger partial charge in [0.2, 0.25) is 15.9 Å². The molecule has 4 N–H and O–H groups in total. The number of phenols is 2. The van der Waals surface area contributed by atoms with E-state index < -0.39 is 26.6 Å². The van der Waals surface area contributed by atoms with E-state index in [0.717, 1.165) is 16.4 Å². The molecule has 36 heavy (non-hydrogen) atoms. The number of aromatic nitrogens is 2. The predicted octanol–water partition coefficient (Wildman–Crippen LogP) is 4.18. The molecule has 0 saturated carbocycles. The van der Waals surface area contributed by atoms with Gasteiger partial charge in [-0.15, -0.1) is 0 Å². The second-order valence-corrected chi connectivity index (χ2v) is 10.7. The van der Waals surface area contributed by atoms with Crippen LogP contribution in [-0.4, -0.2) is 45.7 Å². The number of sulfonamides is 1. The molecule has 3 aromatic carbocycles. The molecule has 1 aromatic heterocycles. The molecule has 0 spiro atoms. The number of halogens is 2. The third-order valence-electron chi connectivity index (χ3n) is 5.49. The molecule has 12 heteroatoms.